The molecule has 0 saturated heterocycles. The standard InChI is InChI=1S/C13H20N2O3/c1-3-5-10(6-4-2)14-12-8-7-11(16)9-13(12)15(17)18/h7-10,14,16H,3-6H2,1-2H3. The van der Waals surface area contributed by atoms with Gasteiger partial charge >= 0.3 is 0 Å². The van der Waals surface area contributed by atoms with Crippen molar-refractivity contribution in [3.63, 3.8) is 0 Å². The van der Waals surface area contributed by atoms with Crippen LogP contribution >= 0.6 is 0 Å². The summed E-state index contributed by atoms with van der Waals surface area (Å²) in [5.41, 5.74) is 0.400. The normalized spacial score (nSPS) is 10.6. The first-order chi connectivity index (χ1) is 8.58. The maximum atomic E-state index is 10.9. The van der Waals surface area contributed by atoms with Gasteiger partial charge in [0.2, 0.25) is 0 Å². The molecule has 0 atom stereocenters. The molecule has 5 heteroatoms. The Kier molecular flexibility index (Phi) is 5.42. The summed E-state index contributed by atoms with van der Waals surface area (Å²) < 4.78 is 0. The highest BCUT2D eigenvalue weighted by Crippen LogP contribution is 2.29. The number of hydrogen-bond donors (Lipinski definition) is 2. The Labute approximate surface area is 107 Å². The number of phenols is 1. The lowest BCUT2D eigenvalue weighted by Crippen LogP contribution is -2.19. The zero-order chi connectivity index (χ0) is 13.5. The number of anilines is 1. The number of rotatable bonds is 7. The monoisotopic (exact) mass is 252 g/mol. The van der Waals surface area contributed by atoms with Crippen molar-refractivity contribution in [2.24, 2.45) is 0 Å². The second-order valence-corrected chi connectivity index (χ2v) is 4.38. The Morgan fingerprint density at radius 2 is 1.94 bits per heavy atom. The van der Waals surface area contributed by atoms with E-state index in [1.54, 1.807) is 6.07 Å². The third-order valence-electron chi connectivity index (χ3n) is 2.81. The number of nitrogens with one attached hydrogen (secondary N) is 1. The molecule has 0 fully saturated rings. The van der Waals surface area contributed by atoms with Crippen molar-refractivity contribution < 1.29 is 10.0 Å². The van der Waals surface area contributed by atoms with Crippen LogP contribution in [0.3, 0.4) is 0 Å². The van der Waals surface area contributed by atoms with Crippen LogP contribution in [0.4, 0.5) is 11.4 Å². The van der Waals surface area contributed by atoms with Crippen LogP contribution in [0.25, 0.3) is 0 Å². The molecule has 0 aromatic heterocycles. The van der Waals surface area contributed by atoms with Gasteiger partial charge in [0.1, 0.15) is 11.4 Å². The maximum absolute atomic E-state index is 10.9. The highest BCUT2D eigenvalue weighted by molar-refractivity contribution is 5.64. The minimum atomic E-state index is -0.475. The molecular weight excluding hydrogens is 232 g/mol. The van der Waals surface area contributed by atoms with Gasteiger partial charge in [-0.2, -0.15) is 0 Å². The fraction of sp³-hybridized carbons (Fsp3) is 0.538. The Bertz CT molecular complexity index is 401. The molecule has 0 aliphatic rings. The molecule has 0 spiro atoms. The smallest absolute Gasteiger partial charge is 0.296 e. The molecule has 18 heavy (non-hydrogen) atoms. The zero-order valence-electron chi connectivity index (χ0n) is 10.8. The molecule has 0 radical (unpaired) electrons. The predicted octanol–water partition coefficient (Wildman–Crippen LogP) is 3.68. The number of nitro groups is 1. The SMILES string of the molecule is CCCC(CCC)Nc1ccc(O)cc1[N+](=O)[O-]. The van der Waals surface area contributed by atoms with E-state index in [0.29, 0.717) is 5.69 Å². The van der Waals surface area contributed by atoms with Gasteiger partial charge in [-0.15, -0.1) is 0 Å². The van der Waals surface area contributed by atoms with Crippen molar-refractivity contribution in [2.45, 2.75) is 45.6 Å². The van der Waals surface area contributed by atoms with Gasteiger partial charge in [0.05, 0.1) is 11.0 Å². The molecule has 0 aliphatic carbocycles. The number of nitrogens with zero attached hydrogens (tertiary/aromatic N) is 1. The Hall–Kier alpha value is -1.78. The van der Waals surface area contributed by atoms with Crippen molar-refractivity contribution >= 4 is 11.4 Å². The predicted molar refractivity (Wildman–Crippen MR) is 72.0 cm³/mol. The third kappa shape index (κ3) is 3.91. The van der Waals surface area contributed by atoms with E-state index < -0.39 is 4.92 Å². The molecule has 0 heterocycles. The number of aromatic hydroxyl groups is 1. The van der Waals surface area contributed by atoms with Crippen molar-refractivity contribution in [1.29, 1.82) is 0 Å². The summed E-state index contributed by atoms with van der Waals surface area (Å²) in [7, 11) is 0. The van der Waals surface area contributed by atoms with E-state index in [4.69, 9.17) is 0 Å². The van der Waals surface area contributed by atoms with Gasteiger partial charge in [-0.25, -0.2) is 0 Å². The maximum Gasteiger partial charge on any atom is 0.296 e. The molecular formula is C13H20N2O3. The average Bonchev–Trinajstić information content (AvgIpc) is 2.32. The van der Waals surface area contributed by atoms with E-state index in [-0.39, 0.29) is 17.5 Å². The summed E-state index contributed by atoms with van der Waals surface area (Å²) in [4.78, 5) is 10.5. The average molecular weight is 252 g/mol. The van der Waals surface area contributed by atoms with Crippen LogP contribution in [0.5, 0.6) is 5.75 Å². The van der Waals surface area contributed by atoms with Crippen LogP contribution in [0.1, 0.15) is 39.5 Å². The van der Waals surface area contributed by atoms with Crippen molar-refractivity contribution in [1.82, 2.24) is 0 Å². The van der Waals surface area contributed by atoms with Gasteiger partial charge in [0, 0.05) is 6.04 Å². The molecule has 5 nitrogen and oxygen atoms in total. The van der Waals surface area contributed by atoms with E-state index in [1.807, 2.05) is 0 Å². The summed E-state index contributed by atoms with van der Waals surface area (Å²) in [6.45, 7) is 4.19. The van der Waals surface area contributed by atoms with Crippen molar-refractivity contribution in [3.8, 4) is 5.75 Å². The molecule has 1 aromatic rings. The fourth-order valence-corrected chi connectivity index (χ4v) is 2.00. The van der Waals surface area contributed by atoms with E-state index in [0.717, 1.165) is 25.7 Å². The van der Waals surface area contributed by atoms with Crippen molar-refractivity contribution in [3.05, 3.63) is 28.3 Å². The lowest BCUT2D eigenvalue weighted by atomic mass is 10.1. The minimum Gasteiger partial charge on any atom is -0.508 e. The van der Waals surface area contributed by atoms with Gasteiger partial charge in [0.25, 0.3) is 5.69 Å². The number of hydrogen-bond acceptors (Lipinski definition) is 4. The van der Waals surface area contributed by atoms with Crippen LogP contribution in [0.2, 0.25) is 0 Å². The van der Waals surface area contributed by atoms with Gasteiger partial charge in [-0.3, -0.25) is 10.1 Å². The van der Waals surface area contributed by atoms with Crippen LogP contribution < -0.4 is 5.32 Å². The first-order valence-corrected chi connectivity index (χ1v) is 6.32. The summed E-state index contributed by atoms with van der Waals surface area (Å²) in [6.07, 6.45) is 4.02. The van der Waals surface area contributed by atoms with Crippen LogP contribution in [0, 0.1) is 10.1 Å². The second-order valence-electron chi connectivity index (χ2n) is 4.38. The Balaban J connectivity index is 2.90. The summed E-state index contributed by atoms with van der Waals surface area (Å²) in [6, 6.07) is 4.44. The lowest BCUT2D eigenvalue weighted by molar-refractivity contribution is -0.384. The molecule has 1 aromatic carbocycles. The number of phenolic OH excluding ortho intramolecular Hbond substituents is 1. The quantitative estimate of drug-likeness (QED) is 0.441. The fourth-order valence-electron chi connectivity index (χ4n) is 2.00. The Morgan fingerprint density at radius 1 is 1.33 bits per heavy atom. The molecule has 1 rings (SSSR count). The van der Waals surface area contributed by atoms with E-state index in [2.05, 4.69) is 19.2 Å². The molecule has 0 unspecified atom stereocenters. The first kappa shape index (κ1) is 14.3. The molecule has 100 valence electrons. The van der Waals surface area contributed by atoms with Gasteiger partial charge in [0.15, 0.2) is 0 Å². The molecule has 0 saturated carbocycles. The minimum absolute atomic E-state index is 0.0767. The first-order valence-electron chi connectivity index (χ1n) is 6.32. The van der Waals surface area contributed by atoms with Crippen LogP contribution in [0.15, 0.2) is 18.2 Å². The summed E-state index contributed by atoms with van der Waals surface area (Å²) >= 11 is 0. The Morgan fingerprint density at radius 3 is 2.44 bits per heavy atom. The topological polar surface area (TPSA) is 75.4 Å². The number of nitro benzene ring substituents is 1. The number of benzene rings is 1. The van der Waals surface area contributed by atoms with Crippen molar-refractivity contribution in [2.75, 3.05) is 5.32 Å². The van der Waals surface area contributed by atoms with E-state index >= 15 is 0 Å². The largest absolute Gasteiger partial charge is 0.508 e. The van der Waals surface area contributed by atoms with Gasteiger partial charge < -0.3 is 10.4 Å². The third-order valence-corrected chi connectivity index (χ3v) is 2.81. The zero-order valence-corrected chi connectivity index (χ0v) is 10.8. The molecule has 0 amide bonds. The van der Waals surface area contributed by atoms with E-state index in [9.17, 15) is 15.2 Å². The molecule has 2 N–H and O–H groups in total. The lowest BCUT2D eigenvalue weighted by Gasteiger charge is -2.18. The van der Waals surface area contributed by atoms with Crippen LogP contribution in [-0.2, 0) is 0 Å². The molecule has 0 bridgehead atoms. The van der Waals surface area contributed by atoms with E-state index in [1.165, 1.54) is 12.1 Å². The highest BCUT2D eigenvalue weighted by atomic mass is 16.6. The highest BCUT2D eigenvalue weighted by Gasteiger charge is 2.17. The summed E-state index contributed by atoms with van der Waals surface area (Å²) in [5, 5.41) is 23.4. The summed E-state index contributed by atoms with van der Waals surface area (Å²) in [5.74, 6) is -0.0882. The van der Waals surface area contributed by atoms with Gasteiger partial charge in [-0.05, 0) is 25.0 Å². The second kappa shape index (κ2) is 6.83. The van der Waals surface area contributed by atoms with Gasteiger partial charge in [-0.1, -0.05) is 26.7 Å². The van der Waals surface area contributed by atoms with Crippen LogP contribution in [-0.4, -0.2) is 16.1 Å². The molecule has 0 aliphatic heterocycles.